The highest BCUT2D eigenvalue weighted by Gasteiger charge is 2.27. The minimum Gasteiger partial charge on any atom is -0.466 e. The van der Waals surface area contributed by atoms with Crippen LogP contribution in [-0.4, -0.2) is 45.3 Å². The summed E-state index contributed by atoms with van der Waals surface area (Å²) >= 11 is 0. The van der Waals surface area contributed by atoms with Gasteiger partial charge < -0.3 is 4.74 Å². The van der Waals surface area contributed by atoms with Gasteiger partial charge in [-0.1, -0.05) is 0 Å². The summed E-state index contributed by atoms with van der Waals surface area (Å²) in [6.45, 7) is 7.70. The van der Waals surface area contributed by atoms with E-state index in [0.717, 1.165) is 44.8 Å². The lowest BCUT2D eigenvalue weighted by molar-refractivity contribution is -0.150. The van der Waals surface area contributed by atoms with E-state index >= 15 is 0 Å². The number of aromatic nitrogens is 3. The Hall–Kier alpha value is -1.43. The van der Waals surface area contributed by atoms with E-state index in [9.17, 15) is 4.79 Å². The number of esters is 1. The maximum absolute atomic E-state index is 11.8. The van der Waals surface area contributed by atoms with Gasteiger partial charge in [0.15, 0.2) is 0 Å². The van der Waals surface area contributed by atoms with Gasteiger partial charge in [-0.2, -0.15) is 5.10 Å². The van der Waals surface area contributed by atoms with Crippen LogP contribution in [0.4, 0.5) is 0 Å². The Balaban J connectivity index is 1.92. The van der Waals surface area contributed by atoms with E-state index in [2.05, 4.69) is 21.9 Å². The molecule has 0 aliphatic carbocycles. The lowest BCUT2D eigenvalue weighted by Gasteiger charge is -2.31. The van der Waals surface area contributed by atoms with E-state index in [1.807, 2.05) is 11.6 Å². The highest BCUT2D eigenvalue weighted by Crippen LogP contribution is 2.19. The molecule has 2 heterocycles. The van der Waals surface area contributed by atoms with Gasteiger partial charge in [0.2, 0.25) is 0 Å². The third kappa shape index (κ3) is 3.53. The van der Waals surface area contributed by atoms with Crippen molar-refractivity contribution in [2.45, 2.75) is 39.8 Å². The van der Waals surface area contributed by atoms with Crippen LogP contribution in [0.25, 0.3) is 0 Å². The van der Waals surface area contributed by atoms with Crippen molar-refractivity contribution in [1.82, 2.24) is 19.7 Å². The van der Waals surface area contributed by atoms with E-state index in [-0.39, 0.29) is 11.9 Å². The zero-order valence-corrected chi connectivity index (χ0v) is 11.7. The predicted molar refractivity (Wildman–Crippen MR) is 70.3 cm³/mol. The molecule has 1 saturated heterocycles. The second kappa shape index (κ2) is 6.65. The molecule has 6 nitrogen and oxygen atoms in total. The maximum Gasteiger partial charge on any atom is 0.310 e. The van der Waals surface area contributed by atoms with Gasteiger partial charge in [0.25, 0.3) is 0 Å². The summed E-state index contributed by atoms with van der Waals surface area (Å²) < 4.78 is 7.01. The quantitative estimate of drug-likeness (QED) is 0.746. The Labute approximate surface area is 113 Å². The van der Waals surface area contributed by atoms with Gasteiger partial charge in [0.05, 0.1) is 19.1 Å². The number of carbonyl (C=O) groups excluding carboxylic acids is 1. The molecule has 1 fully saturated rings. The number of nitrogens with zero attached hydrogens (tertiary/aromatic N) is 4. The molecule has 2 rings (SSSR count). The molecule has 0 saturated carbocycles. The average molecular weight is 266 g/mol. The summed E-state index contributed by atoms with van der Waals surface area (Å²) in [5.74, 6) is 0.905. The van der Waals surface area contributed by atoms with Crippen LogP contribution < -0.4 is 0 Å². The average Bonchev–Trinajstić information content (AvgIpc) is 2.86. The van der Waals surface area contributed by atoms with Gasteiger partial charge in [-0.25, -0.2) is 9.67 Å². The number of ether oxygens (including phenoxy) is 1. The topological polar surface area (TPSA) is 60.2 Å². The fourth-order valence-corrected chi connectivity index (χ4v) is 2.53. The molecule has 106 valence electrons. The molecule has 1 aliphatic heterocycles. The number of hydrogen-bond donors (Lipinski definition) is 0. The van der Waals surface area contributed by atoms with Gasteiger partial charge in [-0.3, -0.25) is 9.69 Å². The monoisotopic (exact) mass is 266 g/mol. The molecule has 1 aromatic heterocycles. The van der Waals surface area contributed by atoms with Crippen molar-refractivity contribution in [3.63, 3.8) is 0 Å². The normalized spacial score (nSPS) is 20.4. The molecule has 1 aromatic rings. The van der Waals surface area contributed by atoms with Gasteiger partial charge in [0, 0.05) is 13.1 Å². The molecule has 0 spiro atoms. The third-order valence-corrected chi connectivity index (χ3v) is 3.49. The number of hydrogen-bond acceptors (Lipinski definition) is 5. The molecule has 0 radical (unpaired) electrons. The van der Waals surface area contributed by atoms with Gasteiger partial charge in [-0.15, -0.1) is 0 Å². The van der Waals surface area contributed by atoms with E-state index in [1.165, 1.54) is 0 Å². The van der Waals surface area contributed by atoms with Crippen molar-refractivity contribution in [3.05, 3.63) is 12.2 Å². The first kappa shape index (κ1) is 14.0. The number of aryl methyl sites for hydroxylation is 1. The smallest absolute Gasteiger partial charge is 0.310 e. The largest absolute Gasteiger partial charge is 0.466 e. The number of piperidine rings is 1. The zero-order valence-electron chi connectivity index (χ0n) is 11.7. The third-order valence-electron chi connectivity index (χ3n) is 3.49. The summed E-state index contributed by atoms with van der Waals surface area (Å²) in [5.41, 5.74) is 0. The van der Waals surface area contributed by atoms with E-state index in [0.29, 0.717) is 6.61 Å². The van der Waals surface area contributed by atoms with Crippen LogP contribution in [0.1, 0.15) is 32.5 Å². The molecular formula is C13H22N4O2. The molecule has 0 amide bonds. The molecule has 6 heteroatoms. The van der Waals surface area contributed by atoms with E-state index in [1.54, 1.807) is 6.33 Å². The fourth-order valence-electron chi connectivity index (χ4n) is 2.53. The Morgan fingerprint density at radius 2 is 2.37 bits per heavy atom. The molecule has 0 aromatic carbocycles. The summed E-state index contributed by atoms with van der Waals surface area (Å²) in [7, 11) is 0. The van der Waals surface area contributed by atoms with Crippen molar-refractivity contribution < 1.29 is 9.53 Å². The SMILES string of the molecule is CCOC(=O)C1CCCN(Cc2ncnn2CC)C1. The standard InChI is InChI=1S/C13H22N4O2/c1-3-17-12(14-10-15-17)9-16-7-5-6-11(8-16)13(18)19-4-2/h10-11H,3-9H2,1-2H3. The minimum atomic E-state index is -0.0656. The van der Waals surface area contributed by atoms with Crippen LogP contribution in [0.5, 0.6) is 0 Å². The molecule has 1 unspecified atom stereocenters. The predicted octanol–water partition coefficient (Wildman–Crippen LogP) is 1.07. The Morgan fingerprint density at radius 1 is 1.53 bits per heavy atom. The van der Waals surface area contributed by atoms with Crippen molar-refractivity contribution in [1.29, 1.82) is 0 Å². The maximum atomic E-state index is 11.8. The first-order chi connectivity index (χ1) is 9.24. The second-order valence-corrected chi connectivity index (χ2v) is 4.82. The van der Waals surface area contributed by atoms with E-state index < -0.39 is 0 Å². The van der Waals surface area contributed by atoms with Crippen molar-refractivity contribution in [2.75, 3.05) is 19.7 Å². The number of likely N-dealkylation sites (tertiary alicyclic amines) is 1. The van der Waals surface area contributed by atoms with Gasteiger partial charge >= 0.3 is 5.97 Å². The van der Waals surface area contributed by atoms with Crippen LogP contribution in [0.3, 0.4) is 0 Å². The molecule has 19 heavy (non-hydrogen) atoms. The molecule has 0 bridgehead atoms. The first-order valence-electron chi connectivity index (χ1n) is 7.00. The van der Waals surface area contributed by atoms with Gasteiger partial charge in [0.1, 0.15) is 12.2 Å². The van der Waals surface area contributed by atoms with Crippen molar-refractivity contribution in [3.8, 4) is 0 Å². The lowest BCUT2D eigenvalue weighted by Crippen LogP contribution is -2.39. The lowest BCUT2D eigenvalue weighted by atomic mass is 9.98. The van der Waals surface area contributed by atoms with Crippen molar-refractivity contribution >= 4 is 5.97 Å². The van der Waals surface area contributed by atoms with Gasteiger partial charge in [-0.05, 0) is 33.2 Å². The Kier molecular flexibility index (Phi) is 4.90. The summed E-state index contributed by atoms with van der Waals surface area (Å²) in [6, 6.07) is 0. The highest BCUT2D eigenvalue weighted by molar-refractivity contribution is 5.72. The van der Waals surface area contributed by atoms with Crippen molar-refractivity contribution in [2.24, 2.45) is 5.92 Å². The van der Waals surface area contributed by atoms with Crippen LogP contribution >= 0.6 is 0 Å². The van der Waals surface area contributed by atoms with Crippen LogP contribution in [-0.2, 0) is 22.6 Å². The summed E-state index contributed by atoms with van der Waals surface area (Å²) in [6.07, 6.45) is 3.55. The highest BCUT2D eigenvalue weighted by atomic mass is 16.5. The molecule has 0 N–H and O–H groups in total. The van der Waals surface area contributed by atoms with Crippen LogP contribution in [0.2, 0.25) is 0 Å². The summed E-state index contributed by atoms with van der Waals surface area (Å²) in [5, 5.41) is 4.17. The molecule has 1 atom stereocenters. The summed E-state index contributed by atoms with van der Waals surface area (Å²) in [4.78, 5) is 18.3. The second-order valence-electron chi connectivity index (χ2n) is 4.82. The number of carbonyl (C=O) groups is 1. The molecule has 1 aliphatic rings. The van der Waals surface area contributed by atoms with Crippen LogP contribution in [0, 0.1) is 5.92 Å². The first-order valence-corrected chi connectivity index (χ1v) is 7.00. The Bertz CT molecular complexity index is 419. The number of rotatable bonds is 5. The molecular weight excluding hydrogens is 244 g/mol. The van der Waals surface area contributed by atoms with Crippen LogP contribution in [0.15, 0.2) is 6.33 Å². The van der Waals surface area contributed by atoms with E-state index in [4.69, 9.17) is 4.74 Å². The zero-order chi connectivity index (χ0) is 13.7. The minimum absolute atomic E-state index is 0.00620. The fraction of sp³-hybridized carbons (Fsp3) is 0.769. The Morgan fingerprint density at radius 3 is 3.11 bits per heavy atom.